The zero-order chi connectivity index (χ0) is 13.3. The fourth-order valence-corrected chi connectivity index (χ4v) is 3.05. The zero-order valence-corrected chi connectivity index (χ0v) is 11.6. The Hall–Kier alpha value is -1.06. The fourth-order valence-electron chi connectivity index (χ4n) is 3.05. The van der Waals surface area contributed by atoms with Crippen LogP contribution in [0.15, 0.2) is 0 Å². The van der Waals surface area contributed by atoms with Crippen molar-refractivity contribution in [2.75, 3.05) is 20.2 Å². The van der Waals surface area contributed by atoms with Gasteiger partial charge in [-0.25, -0.2) is 0 Å². The molecule has 0 N–H and O–H groups in total. The maximum absolute atomic E-state index is 12.6. The lowest BCUT2D eigenvalue weighted by molar-refractivity contribution is -0.160. The van der Waals surface area contributed by atoms with Crippen molar-refractivity contribution < 1.29 is 14.3 Å². The highest BCUT2D eigenvalue weighted by atomic mass is 16.5. The molecule has 4 nitrogen and oxygen atoms in total. The normalized spacial score (nSPS) is 21.8. The van der Waals surface area contributed by atoms with Gasteiger partial charge in [-0.05, 0) is 45.4 Å². The van der Waals surface area contributed by atoms with Crippen molar-refractivity contribution in [3.05, 3.63) is 0 Å². The van der Waals surface area contributed by atoms with Crippen molar-refractivity contribution in [2.24, 2.45) is 17.3 Å². The maximum atomic E-state index is 12.6. The average molecular weight is 253 g/mol. The van der Waals surface area contributed by atoms with Crippen LogP contribution in [0.3, 0.4) is 0 Å². The number of ether oxygens (including phenoxy) is 1. The van der Waals surface area contributed by atoms with Gasteiger partial charge in [-0.15, -0.1) is 0 Å². The van der Waals surface area contributed by atoms with Crippen LogP contribution in [0, 0.1) is 17.3 Å². The number of hydrogen-bond donors (Lipinski definition) is 0. The van der Waals surface area contributed by atoms with E-state index in [9.17, 15) is 9.59 Å². The Balaban J connectivity index is 2.17. The summed E-state index contributed by atoms with van der Waals surface area (Å²) in [6, 6.07) is 0. The smallest absolute Gasteiger partial charge is 0.312 e. The predicted octanol–water partition coefficient (Wildman–Crippen LogP) is 1.83. The van der Waals surface area contributed by atoms with E-state index in [1.165, 1.54) is 7.11 Å². The van der Waals surface area contributed by atoms with Gasteiger partial charge in [0.15, 0.2) is 0 Å². The standard InChI is InChI=1S/C14H23NO3/c1-14(2,13(17)18-3)11(10-6-7-10)12(16)15-8-4-5-9-15/h10-11H,4-9H2,1-3H3. The Morgan fingerprint density at radius 2 is 1.78 bits per heavy atom. The van der Waals surface area contributed by atoms with E-state index < -0.39 is 5.41 Å². The molecule has 1 saturated carbocycles. The highest BCUT2D eigenvalue weighted by molar-refractivity contribution is 5.88. The summed E-state index contributed by atoms with van der Waals surface area (Å²) in [5.41, 5.74) is -0.713. The van der Waals surface area contributed by atoms with E-state index in [0.29, 0.717) is 5.92 Å². The van der Waals surface area contributed by atoms with Crippen LogP contribution in [0.1, 0.15) is 39.5 Å². The average Bonchev–Trinajstić information content (AvgIpc) is 2.99. The first-order valence-electron chi connectivity index (χ1n) is 6.85. The molecule has 1 unspecified atom stereocenters. The van der Waals surface area contributed by atoms with Gasteiger partial charge in [0, 0.05) is 13.1 Å². The van der Waals surface area contributed by atoms with Crippen molar-refractivity contribution in [1.82, 2.24) is 4.90 Å². The van der Waals surface area contributed by atoms with E-state index in [1.54, 1.807) is 0 Å². The fraction of sp³-hybridized carbons (Fsp3) is 0.857. The van der Waals surface area contributed by atoms with Crippen molar-refractivity contribution in [3.63, 3.8) is 0 Å². The van der Waals surface area contributed by atoms with E-state index >= 15 is 0 Å². The second-order valence-electron chi connectivity index (χ2n) is 6.06. The van der Waals surface area contributed by atoms with Gasteiger partial charge in [0.25, 0.3) is 0 Å². The quantitative estimate of drug-likeness (QED) is 0.718. The van der Waals surface area contributed by atoms with Gasteiger partial charge in [-0.1, -0.05) is 0 Å². The number of carbonyl (C=O) groups excluding carboxylic acids is 2. The first-order chi connectivity index (χ1) is 8.48. The number of esters is 1. The summed E-state index contributed by atoms with van der Waals surface area (Å²) in [7, 11) is 1.40. The van der Waals surface area contributed by atoms with Crippen LogP contribution in [0.5, 0.6) is 0 Å². The number of methoxy groups -OCH3 is 1. The number of nitrogens with zero attached hydrogens (tertiary/aromatic N) is 1. The van der Waals surface area contributed by atoms with E-state index in [1.807, 2.05) is 18.7 Å². The van der Waals surface area contributed by atoms with Crippen LogP contribution in [-0.4, -0.2) is 37.0 Å². The van der Waals surface area contributed by atoms with E-state index in [0.717, 1.165) is 38.8 Å². The highest BCUT2D eigenvalue weighted by Gasteiger charge is 2.51. The van der Waals surface area contributed by atoms with Crippen LogP contribution < -0.4 is 0 Å². The third kappa shape index (κ3) is 2.38. The van der Waals surface area contributed by atoms with Crippen LogP contribution in [0.2, 0.25) is 0 Å². The van der Waals surface area contributed by atoms with Gasteiger partial charge >= 0.3 is 5.97 Å². The molecule has 2 aliphatic rings. The Morgan fingerprint density at radius 1 is 1.22 bits per heavy atom. The first-order valence-corrected chi connectivity index (χ1v) is 6.85. The number of amides is 1. The van der Waals surface area contributed by atoms with E-state index in [-0.39, 0.29) is 17.8 Å². The van der Waals surface area contributed by atoms with Gasteiger partial charge in [0.05, 0.1) is 18.4 Å². The van der Waals surface area contributed by atoms with Crippen molar-refractivity contribution in [3.8, 4) is 0 Å². The molecule has 0 bridgehead atoms. The topological polar surface area (TPSA) is 46.6 Å². The molecule has 102 valence electrons. The van der Waals surface area contributed by atoms with Crippen molar-refractivity contribution in [2.45, 2.75) is 39.5 Å². The molecule has 1 amide bonds. The molecule has 0 spiro atoms. The molecule has 0 aromatic rings. The van der Waals surface area contributed by atoms with E-state index in [2.05, 4.69) is 0 Å². The molecule has 0 aromatic carbocycles. The Bertz CT molecular complexity index is 341. The summed E-state index contributed by atoms with van der Waals surface area (Å²) < 4.78 is 4.88. The summed E-state index contributed by atoms with van der Waals surface area (Å²) >= 11 is 0. The molecule has 0 radical (unpaired) electrons. The maximum Gasteiger partial charge on any atom is 0.312 e. The zero-order valence-electron chi connectivity index (χ0n) is 11.6. The summed E-state index contributed by atoms with van der Waals surface area (Å²) in [5, 5.41) is 0. The van der Waals surface area contributed by atoms with Gasteiger partial charge < -0.3 is 9.64 Å². The SMILES string of the molecule is COC(=O)C(C)(C)C(C(=O)N1CCCC1)C1CC1. The molecular weight excluding hydrogens is 230 g/mol. The summed E-state index contributed by atoms with van der Waals surface area (Å²) in [6.45, 7) is 5.38. The third-order valence-corrected chi connectivity index (χ3v) is 4.27. The largest absolute Gasteiger partial charge is 0.469 e. The minimum absolute atomic E-state index is 0.158. The molecule has 1 saturated heterocycles. The lowest BCUT2D eigenvalue weighted by Gasteiger charge is -2.33. The number of rotatable bonds is 4. The van der Waals surface area contributed by atoms with Crippen molar-refractivity contribution >= 4 is 11.9 Å². The van der Waals surface area contributed by atoms with Gasteiger partial charge in [-0.2, -0.15) is 0 Å². The number of likely N-dealkylation sites (tertiary alicyclic amines) is 1. The Morgan fingerprint density at radius 3 is 2.22 bits per heavy atom. The van der Waals surface area contributed by atoms with Crippen molar-refractivity contribution in [1.29, 1.82) is 0 Å². The molecule has 1 atom stereocenters. The van der Waals surface area contributed by atoms with Crippen LogP contribution in [0.4, 0.5) is 0 Å². The predicted molar refractivity (Wildman–Crippen MR) is 67.8 cm³/mol. The van der Waals surface area contributed by atoms with Gasteiger partial charge in [0.2, 0.25) is 5.91 Å². The third-order valence-electron chi connectivity index (χ3n) is 4.27. The summed E-state index contributed by atoms with van der Waals surface area (Å²) in [4.78, 5) is 26.5. The molecule has 2 fully saturated rings. The lowest BCUT2D eigenvalue weighted by Crippen LogP contribution is -2.46. The van der Waals surface area contributed by atoms with Gasteiger partial charge in [-0.3, -0.25) is 9.59 Å². The van der Waals surface area contributed by atoms with Gasteiger partial charge in [0.1, 0.15) is 0 Å². The van der Waals surface area contributed by atoms with Crippen LogP contribution >= 0.6 is 0 Å². The first kappa shape index (κ1) is 13.4. The van der Waals surface area contributed by atoms with Crippen LogP contribution in [0.25, 0.3) is 0 Å². The molecule has 1 aliphatic heterocycles. The van der Waals surface area contributed by atoms with E-state index in [4.69, 9.17) is 4.74 Å². The highest BCUT2D eigenvalue weighted by Crippen LogP contribution is 2.47. The second-order valence-corrected chi connectivity index (χ2v) is 6.06. The molecule has 2 rings (SSSR count). The molecule has 0 aromatic heterocycles. The molecule has 18 heavy (non-hydrogen) atoms. The lowest BCUT2D eigenvalue weighted by atomic mass is 9.75. The number of hydrogen-bond acceptors (Lipinski definition) is 3. The molecule has 1 aliphatic carbocycles. The molecule has 4 heteroatoms. The minimum Gasteiger partial charge on any atom is -0.469 e. The summed E-state index contributed by atoms with van der Waals surface area (Å²) in [5.74, 6) is 0.0487. The Kier molecular flexibility index (Phi) is 3.64. The molecule has 1 heterocycles. The minimum atomic E-state index is -0.713. The monoisotopic (exact) mass is 253 g/mol. The molecular formula is C14H23NO3. The Labute approximate surface area is 109 Å². The number of carbonyl (C=O) groups is 2. The van der Waals surface area contributed by atoms with Crippen LogP contribution in [-0.2, 0) is 14.3 Å². The second kappa shape index (κ2) is 4.90. The summed E-state index contributed by atoms with van der Waals surface area (Å²) in [6.07, 6.45) is 4.29.